The second kappa shape index (κ2) is 9.32. The molecule has 1 aromatic heterocycles. The van der Waals surface area contributed by atoms with E-state index in [1.54, 1.807) is 30.3 Å². The summed E-state index contributed by atoms with van der Waals surface area (Å²) in [6.07, 6.45) is 1.05. The average Bonchev–Trinajstić information content (AvgIpc) is 2.76. The zero-order valence-electron chi connectivity index (χ0n) is 15.4. The van der Waals surface area contributed by atoms with Crippen LogP contribution in [0.25, 0.3) is 0 Å². The summed E-state index contributed by atoms with van der Waals surface area (Å²) in [6, 6.07) is 12.2. The van der Waals surface area contributed by atoms with Gasteiger partial charge in [0, 0.05) is 11.6 Å². The van der Waals surface area contributed by atoms with E-state index in [-0.39, 0.29) is 22.2 Å². The van der Waals surface area contributed by atoms with E-state index in [9.17, 15) is 25.0 Å². The fourth-order valence-corrected chi connectivity index (χ4v) is 2.56. The van der Waals surface area contributed by atoms with Crippen LogP contribution >= 0.6 is 11.6 Å². The molecule has 0 aliphatic rings. The van der Waals surface area contributed by atoms with Gasteiger partial charge in [0.2, 0.25) is 11.6 Å². The van der Waals surface area contributed by atoms with E-state index < -0.39 is 27.1 Å². The number of hydrogen-bond donors (Lipinski definition) is 4. The second-order valence-corrected chi connectivity index (χ2v) is 6.20. The van der Waals surface area contributed by atoms with E-state index in [0.717, 1.165) is 12.4 Å². The van der Waals surface area contributed by atoms with Crippen LogP contribution in [0.4, 0.5) is 28.7 Å². The largest absolute Gasteiger partial charge is 0.356 e. The summed E-state index contributed by atoms with van der Waals surface area (Å²) in [4.78, 5) is 40.9. The lowest BCUT2D eigenvalue weighted by atomic mass is 10.2. The van der Waals surface area contributed by atoms with Crippen LogP contribution in [0, 0.1) is 20.2 Å². The molecule has 158 valence electrons. The van der Waals surface area contributed by atoms with Gasteiger partial charge in [-0.15, -0.1) is 0 Å². The summed E-state index contributed by atoms with van der Waals surface area (Å²) in [7, 11) is 0. The topological polar surface area (TPSA) is 177 Å². The molecule has 0 unspecified atom stereocenters. The molecule has 0 spiro atoms. The number of anilines is 3. The minimum Gasteiger partial charge on any atom is -0.299 e. The van der Waals surface area contributed by atoms with E-state index in [1.165, 1.54) is 12.1 Å². The zero-order chi connectivity index (χ0) is 22.4. The van der Waals surface area contributed by atoms with Crippen LogP contribution in [0.1, 0.15) is 10.4 Å². The number of amides is 1. The number of aromatic nitrogens is 2. The first-order valence-corrected chi connectivity index (χ1v) is 8.81. The van der Waals surface area contributed by atoms with Gasteiger partial charge in [0.15, 0.2) is 0 Å². The monoisotopic (exact) mass is 444 g/mol. The van der Waals surface area contributed by atoms with E-state index >= 15 is 0 Å². The maximum absolute atomic E-state index is 12.3. The first-order valence-electron chi connectivity index (χ1n) is 8.43. The second-order valence-electron chi connectivity index (χ2n) is 5.80. The zero-order valence-corrected chi connectivity index (χ0v) is 16.2. The number of carbonyl (C=O) groups excluding carboxylic acids is 1. The van der Waals surface area contributed by atoms with Gasteiger partial charge in [-0.3, -0.25) is 46.7 Å². The Labute approximate surface area is 178 Å². The lowest BCUT2D eigenvalue weighted by molar-refractivity contribution is -0.384. The van der Waals surface area contributed by atoms with Gasteiger partial charge in [-0.05, 0) is 24.3 Å². The Morgan fingerprint density at radius 2 is 1.58 bits per heavy atom. The fourth-order valence-electron chi connectivity index (χ4n) is 2.37. The molecular weight excluding hydrogens is 432 g/mol. The molecule has 3 rings (SSSR count). The smallest absolute Gasteiger partial charge is 0.299 e. The molecule has 0 aliphatic carbocycles. The lowest BCUT2D eigenvalue weighted by Crippen LogP contribution is -2.30. The van der Waals surface area contributed by atoms with Crippen LogP contribution in [0.2, 0.25) is 5.02 Å². The SMILES string of the molecule is O=C(NNc1ncnc(NNc2ccccc2)c1[N+](=O)[O-])c1ccc(Cl)c([N+](=O)[O-])c1. The lowest BCUT2D eigenvalue weighted by Gasteiger charge is -2.12. The maximum atomic E-state index is 12.3. The molecule has 4 N–H and O–H groups in total. The Kier molecular flexibility index (Phi) is 6.37. The molecule has 14 heteroatoms. The number of halogens is 1. The fraction of sp³-hybridized carbons (Fsp3) is 0. The van der Waals surface area contributed by atoms with Crippen molar-refractivity contribution < 1.29 is 14.6 Å². The Bertz CT molecular complexity index is 1140. The molecular formula is C17H13ClN8O5. The molecule has 0 radical (unpaired) electrons. The van der Waals surface area contributed by atoms with Crippen LogP contribution in [-0.2, 0) is 0 Å². The van der Waals surface area contributed by atoms with Crippen molar-refractivity contribution in [1.82, 2.24) is 15.4 Å². The Morgan fingerprint density at radius 3 is 2.23 bits per heavy atom. The summed E-state index contributed by atoms with van der Waals surface area (Å²) in [5, 5.41) is 22.4. The molecule has 1 heterocycles. The highest BCUT2D eigenvalue weighted by molar-refractivity contribution is 6.32. The van der Waals surface area contributed by atoms with E-state index in [2.05, 4.69) is 31.7 Å². The summed E-state index contributed by atoms with van der Waals surface area (Å²) >= 11 is 5.72. The van der Waals surface area contributed by atoms with Crippen molar-refractivity contribution in [3.05, 3.63) is 85.7 Å². The van der Waals surface area contributed by atoms with Gasteiger partial charge in [0.25, 0.3) is 11.6 Å². The highest BCUT2D eigenvalue weighted by Crippen LogP contribution is 2.29. The van der Waals surface area contributed by atoms with Crippen molar-refractivity contribution >= 4 is 46.2 Å². The van der Waals surface area contributed by atoms with E-state index in [4.69, 9.17) is 11.6 Å². The van der Waals surface area contributed by atoms with Gasteiger partial charge in [0.05, 0.1) is 15.5 Å². The van der Waals surface area contributed by atoms with Gasteiger partial charge in [0.1, 0.15) is 11.3 Å². The van der Waals surface area contributed by atoms with Gasteiger partial charge in [-0.1, -0.05) is 29.8 Å². The number of benzene rings is 2. The average molecular weight is 445 g/mol. The molecule has 0 aliphatic heterocycles. The van der Waals surface area contributed by atoms with Crippen LogP contribution in [0.5, 0.6) is 0 Å². The molecule has 0 saturated carbocycles. The molecule has 13 nitrogen and oxygen atoms in total. The number of carbonyl (C=O) groups is 1. The van der Waals surface area contributed by atoms with Crippen molar-refractivity contribution in [2.24, 2.45) is 0 Å². The predicted octanol–water partition coefficient (Wildman–Crippen LogP) is 3.14. The predicted molar refractivity (Wildman–Crippen MR) is 112 cm³/mol. The summed E-state index contributed by atoms with van der Waals surface area (Å²) < 4.78 is 0. The number of para-hydroxylation sites is 1. The standard InChI is InChI=1S/C17H13ClN8O5/c18-12-7-6-10(8-13(12)25(28)29)17(27)24-23-16-14(26(30)31)15(19-9-20-16)22-21-11-4-2-1-3-5-11/h1-9,21H,(H,24,27)(H2,19,20,22,23). The number of nitro groups is 2. The molecule has 0 bridgehead atoms. The number of hydrogen-bond acceptors (Lipinski definition) is 10. The van der Waals surface area contributed by atoms with Gasteiger partial charge >= 0.3 is 5.69 Å². The Morgan fingerprint density at radius 1 is 0.903 bits per heavy atom. The molecule has 0 fully saturated rings. The van der Waals surface area contributed by atoms with E-state index in [0.29, 0.717) is 5.69 Å². The molecule has 3 aromatic rings. The minimum absolute atomic E-state index is 0.0931. The van der Waals surface area contributed by atoms with Crippen molar-refractivity contribution in [3.8, 4) is 0 Å². The van der Waals surface area contributed by atoms with E-state index in [1.807, 2.05) is 0 Å². The van der Waals surface area contributed by atoms with Crippen LogP contribution in [-0.4, -0.2) is 25.7 Å². The number of nitrogens with zero attached hydrogens (tertiary/aromatic N) is 4. The summed E-state index contributed by atoms with van der Waals surface area (Å²) in [5.74, 6) is -1.28. The summed E-state index contributed by atoms with van der Waals surface area (Å²) in [5.41, 5.74) is 9.43. The van der Waals surface area contributed by atoms with Gasteiger partial charge < -0.3 is 0 Å². The van der Waals surface area contributed by atoms with Crippen LogP contribution in [0.3, 0.4) is 0 Å². The third-order valence-electron chi connectivity index (χ3n) is 3.80. The van der Waals surface area contributed by atoms with Crippen LogP contribution < -0.4 is 21.7 Å². The highest BCUT2D eigenvalue weighted by Gasteiger charge is 2.24. The van der Waals surface area contributed by atoms with Crippen molar-refractivity contribution in [3.63, 3.8) is 0 Å². The molecule has 2 aromatic carbocycles. The third kappa shape index (κ3) is 5.10. The number of rotatable bonds is 8. The third-order valence-corrected chi connectivity index (χ3v) is 4.12. The summed E-state index contributed by atoms with van der Waals surface area (Å²) in [6.45, 7) is 0. The number of nitrogens with one attached hydrogen (secondary N) is 4. The maximum Gasteiger partial charge on any atom is 0.356 e. The number of nitro benzene ring substituents is 1. The van der Waals surface area contributed by atoms with Gasteiger partial charge in [-0.25, -0.2) is 9.97 Å². The molecule has 1 amide bonds. The first-order chi connectivity index (χ1) is 14.9. The van der Waals surface area contributed by atoms with Gasteiger partial charge in [-0.2, -0.15) is 0 Å². The quantitative estimate of drug-likeness (QED) is 0.298. The molecule has 0 atom stereocenters. The first kappa shape index (κ1) is 21.2. The minimum atomic E-state index is -0.801. The van der Waals surface area contributed by atoms with Crippen molar-refractivity contribution in [2.45, 2.75) is 0 Å². The molecule has 0 saturated heterocycles. The highest BCUT2D eigenvalue weighted by atomic mass is 35.5. The molecule has 31 heavy (non-hydrogen) atoms. The van der Waals surface area contributed by atoms with Crippen molar-refractivity contribution in [2.75, 3.05) is 16.3 Å². The number of hydrazine groups is 2. The van der Waals surface area contributed by atoms with Crippen molar-refractivity contribution in [1.29, 1.82) is 0 Å². The van der Waals surface area contributed by atoms with Crippen LogP contribution in [0.15, 0.2) is 54.9 Å². The Balaban J connectivity index is 1.77. The Hall–Kier alpha value is -4.52. The normalized spacial score (nSPS) is 10.1.